The van der Waals surface area contributed by atoms with E-state index in [0.717, 1.165) is 12.8 Å². The monoisotopic (exact) mass is 118 g/mol. The molecule has 0 aliphatic rings. The first-order chi connectivity index (χ1) is 3.31. The molecule has 0 fully saturated rings. The third kappa shape index (κ3) is 3.87. The van der Waals surface area contributed by atoms with Gasteiger partial charge in [0.05, 0.1) is 5.38 Å². The topological polar surface area (TPSA) is 0 Å². The Labute approximate surface area is 50.2 Å². The lowest BCUT2D eigenvalue weighted by Crippen LogP contribution is -1.88. The normalized spacial score (nSPS) is 13.4. The minimum Gasteiger partial charge on any atom is -0.118 e. The van der Waals surface area contributed by atoms with Gasteiger partial charge in [0.15, 0.2) is 0 Å². The largest absolute Gasteiger partial charge is 0.118 e. The minimum absolute atomic E-state index is 0.185. The zero-order valence-electron chi connectivity index (χ0n) is 4.65. The van der Waals surface area contributed by atoms with Gasteiger partial charge in [-0.1, -0.05) is 19.4 Å². The molecule has 0 nitrogen and oxygen atoms in total. The Morgan fingerprint density at radius 3 is 2.57 bits per heavy atom. The molecule has 0 radical (unpaired) electrons. The molecule has 0 rings (SSSR count). The third-order valence-corrected chi connectivity index (χ3v) is 1.22. The van der Waals surface area contributed by atoms with Gasteiger partial charge in [0.2, 0.25) is 0 Å². The van der Waals surface area contributed by atoms with E-state index in [0.29, 0.717) is 0 Å². The van der Waals surface area contributed by atoms with Gasteiger partial charge in [-0.15, -0.1) is 18.2 Å². The Kier molecular flexibility index (Phi) is 4.21. The van der Waals surface area contributed by atoms with Crippen molar-refractivity contribution in [3.05, 3.63) is 12.7 Å². The number of rotatable bonds is 3. The van der Waals surface area contributed by atoms with E-state index in [2.05, 4.69) is 13.5 Å². The van der Waals surface area contributed by atoms with Crippen molar-refractivity contribution in [2.75, 3.05) is 0 Å². The Balaban J connectivity index is 2.98. The van der Waals surface area contributed by atoms with Crippen molar-refractivity contribution in [1.82, 2.24) is 0 Å². The molecule has 42 valence electrons. The number of hydrogen-bond donors (Lipinski definition) is 0. The minimum atomic E-state index is 0.185. The number of allylic oxidation sites excluding steroid dienone is 1. The maximum absolute atomic E-state index is 5.65. The van der Waals surface area contributed by atoms with E-state index in [1.54, 1.807) is 6.08 Å². The lowest BCUT2D eigenvalue weighted by atomic mass is 10.2. The lowest BCUT2D eigenvalue weighted by Gasteiger charge is -1.95. The maximum atomic E-state index is 5.65. The molecule has 0 amide bonds. The van der Waals surface area contributed by atoms with Crippen LogP contribution in [0, 0.1) is 0 Å². The quantitative estimate of drug-likeness (QED) is 0.395. The Morgan fingerprint density at radius 2 is 2.43 bits per heavy atom. The highest BCUT2D eigenvalue weighted by molar-refractivity contribution is 6.21. The van der Waals surface area contributed by atoms with Crippen LogP contribution in [-0.2, 0) is 0 Å². The highest BCUT2D eigenvalue weighted by atomic mass is 35.5. The first-order valence-corrected chi connectivity index (χ1v) is 3.01. The van der Waals surface area contributed by atoms with Gasteiger partial charge in [0.25, 0.3) is 0 Å². The van der Waals surface area contributed by atoms with Gasteiger partial charge < -0.3 is 0 Å². The zero-order valence-corrected chi connectivity index (χ0v) is 5.41. The SMILES string of the molecule is C=C[C@H](Cl)CCC. The Bertz CT molecular complexity index is 50.1. The summed E-state index contributed by atoms with van der Waals surface area (Å²) in [4.78, 5) is 0. The average molecular weight is 119 g/mol. The van der Waals surface area contributed by atoms with Crippen LogP contribution in [0.25, 0.3) is 0 Å². The Hall–Kier alpha value is 0.0300. The molecule has 0 N–H and O–H groups in total. The highest BCUT2D eigenvalue weighted by Gasteiger charge is 1.91. The van der Waals surface area contributed by atoms with Crippen molar-refractivity contribution >= 4 is 11.6 Å². The van der Waals surface area contributed by atoms with Crippen molar-refractivity contribution in [3.8, 4) is 0 Å². The molecule has 0 aromatic carbocycles. The van der Waals surface area contributed by atoms with Crippen LogP contribution in [0.3, 0.4) is 0 Å². The predicted octanol–water partition coefficient (Wildman–Crippen LogP) is 2.58. The first kappa shape index (κ1) is 7.03. The number of alkyl halides is 1. The van der Waals surface area contributed by atoms with Crippen LogP contribution < -0.4 is 0 Å². The summed E-state index contributed by atoms with van der Waals surface area (Å²) in [5.41, 5.74) is 0. The molecular weight excluding hydrogens is 108 g/mol. The fourth-order valence-electron chi connectivity index (χ4n) is 0.394. The predicted molar refractivity (Wildman–Crippen MR) is 34.7 cm³/mol. The highest BCUT2D eigenvalue weighted by Crippen LogP contribution is 2.03. The standard InChI is InChI=1S/C6H11Cl/c1-3-5-6(7)4-2/h4,6H,2-3,5H2,1H3/t6-/m0/s1. The molecule has 0 bridgehead atoms. The van der Waals surface area contributed by atoms with E-state index in [9.17, 15) is 0 Å². The van der Waals surface area contributed by atoms with Crippen LogP contribution in [-0.4, -0.2) is 5.38 Å². The molecule has 0 unspecified atom stereocenters. The fourth-order valence-corrected chi connectivity index (χ4v) is 0.612. The number of hydrogen-bond acceptors (Lipinski definition) is 0. The first-order valence-electron chi connectivity index (χ1n) is 2.58. The molecular formula is C6H11Cl. The van der Waals surface area contributed by atoms with Crippen LogP contribution >= 0.6 is 11.6 Å². The smallest absolute Gasteiger partial charge is 0.0513 e. The summed E-state index contributed by atoms with van der Waals surface area (Å²) < 4.78 is 0. The van der Waals surface area contributed by atoms with Gasteiger partial charge in [-0.3, -0.25) is 0 Å². The summed E-state index contributed by atoms with van der Waals surface area (Å²) in [6, 6.07) is 0. The van der Waals surface area contributed by atoms with E-state index < -0.39 is 0 Å². The molecule has 0 saturated heterocycles. The van der Waals surface area contributed by atoms with Crippen molar-refractivity contribution < 1.29 is 0 Å². The van der Waals surface area contributed by atoms with E-state index in [1.807, 2.05) is 0 Å². The van der Waals surface area contributed by atoms with Gasteiger partial charge in [0, 0.05) is 0 Å². The summed E-state index contributed by atoms with van der Waals surface area (Å²) in [6.07, 6.45) is 3.95. The molecule has 0 aliphatic carbocycles. The fraction of sp³-hybridized carbons (Fsp3) is 0.667. The number of halogens is 1. The molecule has 0 heterocycles. The molecule has 0 aromatic heterocycles. The van der Waals surface area contributed by atoms with Crippen LogP contribution in [0.15, 0.2) is 12.7 Å². The van der Waals surface area contributed by atoms with Crippen LogP contribution in [0.1, 0.15) is 19.8 Å². The maximum Gasteiger partial charge on any atom is 0.0513 e. The second kappa shape index (κ2) is 4.20. The van der Waals surface area contributed by atoms with E-state index in [1.165, 1.54) is 0 Å². The van der Waals surface area contributed by atoms with Gasteiger partial charge in [-0.25, -0.2) is 0 Å². The summed E-state index contributed by atoms with van der Waals surface area (Å²) in [5.74, 6) is 0. The van der Waals surface area contributed by atoms with Crippen molar-refractivity contribution in [1.29, 1.82) is 0 Å². The van der Waals surface area contributed by atoms with Crippen LogP contribution in [0.2, 0.25) is 0 Å². The zero-order chi connectivity index (χ0) is 5.70. The average Bonchev–Trinajstić information content (AvgIpc) is 1.68. The summed E-state index contributed by atoms with van der Waals surface area (Å²) in [5, 5.41) is 0.185. The van der Waals surface area contributed by atoms with Gasteiger partial charge >= 0.3 is 0 Å². The van der Waals surface area contributed by atoms with E-state index in [4.69, 9.17) is 11.6 Å². The van der Waals surface area contributed by atoms with E-state index >= 15 is 0 Å². The summed E-state index contributed by atoms with van der Waals surface area (Å²) >= 11 is 5.65. The summed E-state index contributed by atoms with van der Waals surface area (Å²) in [6.45, 7) is 5.66. The van der Waals surface area contributed by atoms with E-state index in [-0.39, 0.29) is 5.38 Å². The molecule has 1 atom stereocenters. The Morgan fingerprint density at radius 1 is 1.86 bits per heavy atom. The third-order valence-electron chi connectivity index (χ3n) is 0.820. The van der Waals surface area contributed by atoms with Gasteiger partial charge in [-0.2, -0.15) is 0 Å². The van der Waals surface area contributed by atoms with Crippen molar-refractivity contribution in [2.45, 2.75) is 25.1 Å². The van der Waals surface area contributed by atoms with Crippen LogP contribution in [0.4, 0.5) is 0 Å². The van der Waals surface area contributed by atoms with Crippen LogP contribution in [0.5, 0.6) is 0 Å². The van der Waals surface area contributed by atoms with Gasteiger partial charge in [0.1, 0.15) is 0 Å². The van der Waals surface area contributed by atoms with Crippen molar-refractivity contribution in [2.24, 2.45) is 0 Å². The molecule has 0 saturated carbocycles. The molecule has 1 heteroatoms. The molecule has 7 heavy (non-hydrogen) atoms. The molecule has 0 aliphatic heterocycles. The lowest BCUT2D eigenvalue weighted by molar-refractivity contribution is 0.822. The molecule has 0 aromatic rings. The van der Waals surface area contributed by atoms with Gasteiger partial charge in [-0.05, 0) is 6.42 Å². The molecule has 0 spiro atoms. The van der Waals surface area contributed by atoms with Crippen molar-refractivity contribution in [3.63, 3.8) is 0 Å². The second-order valence-corrected chi connectivity index (χ2v) is 2.10. The summed E-state index contributed by atoms with van der Waals surface area (Å²) in [7, 11) is 0. The second-order valence-electron chi connectivity index (χ2n) is 1.54.